The Labute approximate surface area is 242 Å². The van der Waals surface area contributed by atoms with Crippen LogP contribution in [0.25, 0.3) is 0 Å². The van der Waals surface area contributed by atoms with Gasteiger partial charge in [-0.1, -0.05) is 51.4 Å². The van der Waals surface area contributed by atoms with Crippen molar-refractivity contribution in [3.8, 4) is 11.5 Å². The van der Waals surface area contributed by atoms with Crippen molar-refractivity contribution >= 4 is 18.1 Å². The zero-order chi connectivity index (χ0) is 28.9. The topological polar surface area (TPSA) is 125 Å². The molecule has 0 saturated heterocycles. The molecule has 5 rings (SSSR count). The number of nitrogens with zero attached hydrogens (tertiary/aromatic N) is 1. The van der Waals surface area contributed by atoms with Crippen LogP contribution in [0.15, 0.2) is 23.8 Å². The van der Waals surface area contributed by atoms with Gasteiger partial charge in [-0.05, 0) is 43.4 Å². The van der Waals surface area contributed by atoms with Gasteiger partial charge in [0, 0.05) is 35.7 Å². The van der Waals surface area contributed by atoms with E-state index >= 15 is 0 Å². The average molecular weight is 569 g/mol. The summed E-state index contributed by atoms with van der Waals surface area (Å²) in [5, 5.41) is 24.1. The van der Waals surface area contributed by atoms with Crippen LogP contribution < -0.4 is 14.8 Å². The molecule has 2 amide bonds. The van der Waals surface area contributed by atoms with Crippen molar-refractivity contribution in [2.24, 2.45) is 5.92 Å². The lowest BCUT2D eigenvalue weighted by Crippen LogP contribution is -2.58. The summed E-state index contributed by atoms with van der Waals surface area (Å²) in [6, 6.07) is 2.48. The monoisotopic (exact) mass is 568 g/mol. The number of aliphatic hydroxyl groups is 2. The fourth-order valence-corrected chi connectivity index (χ4v) is 7.43. The lowest BCUT2D eigenvalue weighted by Gasteiger charge is -2.44. The molecular formula is C32H44N2O7. The van der Waals surface area contributed by atoms with Gasteiger partial charge in [0.2, 0.25) is 11.8 Å². The highest BCUT2D eigenvalue weighted by atomic mass is 16.5. The number of rotatable bonds is 10. The van der Waals surface area contributed by atoms with Crippen molar-refractivity contribution in [2.45, 2.75) is 107 Å². The Hall–Kier alpha value is -2.91. The van der Waals surface area contributed by atoms with Crippen molar-refractivity contribution in [3.63, 3.8) is 0 Å². The highest BCUT2D eigenvalue weighted by molar-refractivity contribution is 5.96. The molecule has 4 aliphatic rings. The molecular weight excluding hydrogens is 524 g/mol. The molecule has 9 nitrogen and oxygen atoms in total. The number of aliphatic hydroxyl groups excluding tert-OH is 2. The first-order valence-corrected chi connectivity index (χ1v) is 15.4. The van der Waals surface area contributed by atoms with Crippen molar-refractivity contribution in [3.05, 3.63) is 34.9 Å². The number of hydrogen-bond donors (Lipinski definition) is 3. The number of aldehydes is 1. The van der Waals surface area contributed by atoms with Crippen molar-refractivity contribution in [2.75, 3.05) is 20.3 Å². The molecule has 2 fully saturated rings. The van der Waals surface area contributed by atoms with E-state index in [1.165, 1.54) is 20.0 Å². The Bertz CT molecular complexity index is 1140. The summed E-state index contributed by atoms with van der Waals surface area (Å²) < 4.78 is 11.9. The first-order chi connectivity index (χ1) is 20.0. The number of carbonyl (C=O) groups is 3. The molecule has 0 bridgehead atoms. The minimum absolute atomic E-state index is 0.0222. The van der Waals surface area contributed by atoms with Crippen LogP contribution in [0.1, 0.15) is 98.9 Å². The Kier molecular flexibility index (Phi) is 9.65. The third-order valence-electron chi connectivity index (χ3n) is 9.48. The average Bonchev–Trinajstić information content (AvgIpc) is 3.57. The molecule has 1 aromatic rings. The highest BCUT2D eigenvalue weighted by Crippen LogP contribution is 2.51. The van der Waals surface area contributed by atoms with E-state index in [4.69, 9.17) is 9.47 Å². The minimum atomic E-state index is -1.09. The normalized spacial score (nSPS) is 26.3. The highest BCUT2D eigenvalue weighted by Gasteiger charge is 2.52. The van der Waals surface area contributed by atoms with Gasteiger partial charge in [-0.15, -0.1) is 0 Å². The minimum Gasteiger partial charge on any atom is -0.493 e. The summed E-state index contributed by atoms with van der Waals surface area (Å²) in [7, 11) is 1.48. The summed E-state index contributed by atoms with van der Waals surface area (Å²) in [5.41, 5.74) is 1.33. The second kappa shape index (κ2) is 13.4. The summed E-state index contributed by atoms with van der Waals surface area (Å²) in [6.07, 6.45) is 12.6. The Morgan fingerprint density at radius 2 is 1.80 bits per heavy atom. The van der Waals surface area contributed by atoms with Gasteiger partial charge >= 0.3 is 0 Å². The van der Waals surface area contributed by atoms with Crippen LogP contribution in [0.2, 0.25) is 0 Å². The lowest BCUT2D eigenvalue weighted by atomic mass is 9.76. The van der Waals surface area contributed by atoms with Crippen LogP contribution in [0.3, 0.4) is 0 Å². The van der Waals surface area contributed by atoms with Crippen LogP contribution in [0.4, 0.5) is 0 Å². The van der Waals surface area contributed by atoms with Gasteiger partial charge in [0.25, 0.3) is 0 Å². The summed E-state index contributed by atoms with van der Waals surface area (Å²) >= 11 is 0. The van der Waals surface area contributed by atoms with E-state index in [0.29, 0.717) is 46.8 Å². The molecule has 1 heterocycles. The smallest absolute Gasteiger partial charge is 0.247 e. The molecule has 4 atom stereocenters. The first kappa shape index (κ1) is 29.6. The van der Waals surface area contributed by atoms with Crippen molar-refractivity contribution in [1.29, 1.82) is 0 Å². The largest absolute Gasteiger partial charge is 0.493 e. The van der Waals surface area contributed by atoms with Gasteiger partial charge in [-0.2, -0.15) is 0 Å². The first-order valence-electron chi connectivity index (χ1n) is 15.4. The second-order valence-electron chi connectivity index (χ2n) is 12.0. The molecule has 2 saturated carbocycles. The van der Waals surface area contributed by atoms with Crippen molar-refractivity contribution in [1.82, 2.24) is 10.2 Å². The third-order valence-corrected chi connectivity index (χ3v) is 9.48. The van der Waals surface area contributed by atoms with Crippen LogP contribution in [-0.2, 0) is 9.59 Å². The molecule has 1 aromatic carbocycles. The SMILES string of the molecule is COc1cc(C=O)cc2c1O[C@@H]1[C@@H](O)[C@H](N(C(=O)CCC3CCCC3)C3CCCCCC3)C=C(C(=O)NCCO)[C@H]21. The molecule has 0 spiro atoms. The molecule has 0 unspecified atom stereocenters. The molecule has 3 N–H and O–H groups in total. The van der Waals surface area contributed by atoms with Gasteiger partial charge in [-0.3, -0.25) is 14.4 Å². The van der Waals surface area contributed by atoms with Gasteiger partial charge in [-0.25, -0.2) is 0 Å². The van der Waals surface area contributed by atoms with Crippen molar-refractivity contribution < 1.29 is 34.1 Å². The maximum absolute atomic E-state index is 14.1. The Morgan fingerprint density at radius 3 is 2.46 bits per heavy atom. The van der Waals surface area contributed by atoms with E-state index in [1.54, 1.807) is 18.2 Å². The zero-order valence-corrected chi connectivity index (χ0v) is 24.1. The molecule has 3 aliphatic carbocycles. The van der Waals surface area contributed by atoms with E-state index in [1.807, 2.05) is 4.90 Å². The molecule has 0 aromatic heterocycles. The van der Waals surface area contributed by atoms with E-state index < -0.39 is 30.1 Å². The summed E-state index contributed by atoms with van der Waals surface area (Å²) in [6.45, 7) is -0.151. The maximum Gasteiger partial charge on any atom is 0.247 e. The number of methoxy groups -OCH3 is 1. The summed E-state index contributed by atoms with van der Waals surface area (Å²) in [4.78, 5) is 41.2. The molecule has 224 valence electrons. The molecule has 0 radical (unpaired) electrons. The van der Waals surface area contributed by atoms with E-state index in [-0.39, 0.29) is 25.1 Å². The second-order valence-corrected chi connectivity index (χ2v) is 12.0. The predicted molar refractivity (Wildman–Crippen MR) is 153 cm³/mol. The molecule has 41 heavy (non-hydrogen) atoms. The fraction of sp³-hybridized carbons (Fsp3) is 0.656. The van der Waals surface area contributed by atoms with Gasteiger partial charge in [0.15, 0.2) is 11.5 Å². The number of nitrogens with one attached hydrogen (secondary N) is 1. The number of hydrogen-bond acceptors (Lipinski definition) is 7. The Balaban J connectivity index is 1.54. The number of ether oxygens (including phenoxy) is 2. The number of amides is 2. The van der Waals surface area contributed by atoms with Crippen LogP contribution >= 0.6 is 0 Å². The lowest BCUT2D eigenvalue weighted by molar-refractivity contribution is -0.141. The number of fused-ring (bicyclic) bond motifs is 3. The fourth-order valence-electron chi connectivity index (χ4n) is 7.43. The zero-order valence-electron chi connectivity index (χ0n) is 24.1. The van der Waals surface area contributed by atoms with E-state index in [9.17, 15) is 24.6 Å². The van der Waals surface area contributed by atoms with Crippen LogP contribution in [0, 0.1) is 5.92 Å². The predicted octanol–water partition coefficient (Wildman–Crippen LogP) is 3.65. The van der Waals surface area contributed by atoms with Gasteiger partial charge in [0.05, 0.1) is 25.7 Å². The van der Waals surface area contributed by atoms with Gasteiger partial charge in [0.1, 0.15) is 18.5 Å². The van der Waals surface area contributed by atoms with Crippen LogP contribution in [-0.4, -0.2) is 77.8 Å². The quantitative estimate of drug-likeness (QED) is 0.291. The Morgan fingerprint density at radius 1 is 1.10 bits per heavy atom. The maximum atomic E-state index is 14.1. The third kappa shape index (κ3) is 6.16. The van der Waals surface area contributed by atoms with E-state index in [2.05, 4.69) is 5.32 Å². The van der Waals surface area contributed by atoms with Gasteiger partial charge < -0.3 is 29.9 Å². The number of carbonyl (C=O) groups excluding carboxylic acids is 3. The number of benzene rings is 1. The van der Waals surface area contributed by atoms with E-state index in [0.717, 1.165) is 57.8 Å². The standard InChI is InChI=1S/C32H44N2O7/c1-40-26-17-21(19-36)16-23-28-24(32(39)33-14-15-35)18-25(29(38)31(28)41-30(23)26)34(22-10-4-2-3-5-11-22)27(37)13-12-20-8-6-7-9-20/h16-20,22,25,28-29,31,35,38H,2-15H2,1H3,(H,33,39)/t25-,28+,29+,31+/m1/s1. The summed E-state index contributed by atoms with van der Waals surface area (Å²) in [5.74, 6) is 0.283. The van der Waals surface area contributed by atoms with Crippen LogP contribution in [0.5, 0.6) is 11.5 Å². The molecule has 9 heteroatoms. The molecule has 1 aliphatic heterocycles.